The number of rotatable bonds is 6. The number of Topliss-reactive ketones (excluding diaryl/α,β-unsaturated/α-hetero) is 1. The van der Waals surface area contributed by atoms with Gasteiger partial charge in [-0.2, -0.15) is 0 Å². The zero-order valence-corrected chi connectivity index (χ0v) is 12.6. The van der Waals surface area contributed by atoms with Crippen molar-refractivity contribution in [2.45, 2.75) is 19.9 Å². The number of carbonyl (C=O) groups excluding carboxylic acids is 2. The molecule has 0 bridgehead atoms. The van der Waals surface area contributed by atoms with Gasteiger partial charge in [0.05, 0.1) is 13.0 Å². The third kappa shape index (κ3) is 5.02. The van der Waals surface area contributed by atoms with Crippen LogP contribution in [0.25, 0.3) is 6.08 Å². The lowest BCUT2D eigenvalue weighted by Gasteiger charge is -2.18. The number of benzene rings is 2. The predicted octanol–water partition coefficient (Wildman–Crippen LogP) is 3.67. The van der Waals surface area contributed by atoms with Gasteiger partial charge in [0.25, 0.3) is 0 Å². The summed E-state index contributed by atoms with van der Waals surface area (Å²) in [6.07, 6.45) is 3.54. The number of carbonyl (C=O) groups is 2. The summed E-state index contributed by atoms with van der Waals surface area (Å²) in [5.41, 5.74) is 2.04. The number of hydrogen-bond donors (Lipinski definition) is 0. The van der Waals surface area contributed by atoms with Crippen LogP contribution in [0.3, 0.4) is 0 Å². The number of ketones is 1. The topological polar surface area (TPSA) is 37.4 Å². The molecule has 0 aliphatic carbocycles. The van der Waals surface area contributed by atoms with Gasteiger partial charge in [-0.1, -0.05) is 60.7 Å². The van der Waals surface area contributed by atoms with E-state index in [1.807, 2.05) is 66.7 Å². The lowest BCUT2D eigenvalue weighted by Crippen LogP contribution is -2.26. The van der Waals surface area contributed by atoms with Gasteiger partial charge in [0, 0.05) is 6.20 Å². The first kappa shape index (κ1) is 15.7. The fourth-order valence-corrected chi connectivity index (χ4v) is 2.06. The quantitative estimate of drug-likeness (QED) is 0.762. The van der Waals surface area contributed by atoms with Crippen LogP contribution in [0.1, 0.15) is 24.5 Å². The van der Waals surface area contributed by atoms with Gasteiger partial charge in [0.2, 0.25) is 5.91 Å². The Balaban J connectivity index is 2.15. The second-order valence-electron chi connectivity index (χ2n) is 5.11. The monoisotopic (exact) mass is 293 g/mol. The van der Waals surface area contributed by atoms with E-state index in [0.29, 0.717) is 6.54 Å². The van der Waals surface area contributed by atoms with Gasteiger partial charge >= 0.3 is 0 Å². The molecule has 0 radical (unpaired) electrons. The van der Waals surface area contributed by atoms with Crippen LogP contribution < -0.4 is 0 Å². The Hall–Kier alpha value is -2.68. The zero-order chi connectivity index (χ0) is 15.8. The minimum Gasteiger partial charge on any atom is -0.314 e. The van der Waals surface area contributed by atoms with Crippen molar-refractivity contribution in [3.05, 3.63) is 78.0 Å². The van der Waals surface area contributed by atoms with Crippen molar-refractivity contribution in [3.8, 4) is 0 Å². The molecule has 2 aromatic rings. The Labute approximate surface area is 130 Å². The maximum Gasteiger partial charge on any atom is 0.234 e. The highest BCUT2D eigenvalue weighted by atomic mass is 16.2. The van der Waals surface area contributed by atoms with E-state index in [1.54, 1.807) is 11.1 Å². The summed E-state index contributed by atoms with van der Waals surface area (Å²) < 4.78 is 0. The Bertz CT molecular complexity index is 648. The molecule has 0 fully saturated rings. The molecule has 0 spiro atoms. The highest BCUT2D eigenvalue weighted by molar-refractivity contribution is 5.97. The van der Waals surface area contributed by atoms with E-state index in [1.165, 1.54) is 6.92 Å². The minimum atomic E-state index is -0.191. The molecular formula is C19H19NO2. The van der Waals surface area contributed by atoms with Crippen molar-refractivity contribution in [1.29, 1.82) is 0 Å². The number of nitrogens with zero attached hydrogens (tertiary/aromatic N) is 1. The molecule has 0 N–H and O–H groups in total. The zero-order valence-electron chi connectivity index (χ0n) is 12.6. The molecule has 0 aromatic heterocycles. The largest absolute Gasteiger partial charge is 0.314 e. The summed E-state index contributed by atoms with van der Waals surface area (Å²) in [6, 6.07) is 19.5. The van der Waals surface area contributed by atoms with Gasteiger partial charge in [-0.05, 0) is 24.1 Å². The first-order valence-corrected chi connectivity index (χ1v) is 7.21. The summed E-state index contributed by atoms with van der Waals surface area (Å²) in [4.78, 5) is 25.0. The Morgan fingerprint density at radius 3 is 2.14 bits per heavy atom. The van der Waals surface area contributed by atoms with E-state index in [0.717, 1.165) is 11.1 Å². The summed E-state index contributed by atoms with van der Waals surface area (Å²) in [5.74, 6) is -0.320. The summed E-state index contributed by atoms with van der Waals surface area (Å²) in [5, 5.41) is 0. The summed E-state index contributed by atoms with van der Waals surface area (Å²) in [7, 11) is 0. The first-order valence-electron chi connectivity index (χ1n) is 7.21. The molecule has 22 heavy (non-hydrogen) atoms. The molecule has 112 valence electrons. The SMILES string of the molecule is CC(=O)CC(=O)N(/C=C\c1ccccc1)Cc1ccccc1. The van der Waals surface area contributed by atoms with E-state index in [4.69, 9.17) is 0 Å². The Morgan fingerprint density at radius 2 is 1.55 bits per heavy atom. The van der Waals surface area contributed by atoms with Crippen LogP contribution in [0.4, 0.5) is 0 Å². The second-order valence-corrected chi connectivity index (χ2v) is 5.11. The Kier molecular flexibility index (Phi) is 5.66. The minimum absolute atomic E-state index is 0.0774. The van der Waals surface area contributed by atoms with Crippen LogP contribution in [-0.4, -0.2) is 16.6 Å². The molecule has 3 heteroatoms. The molecule has 3 nitrogen and oxygen atoms in total. The van der Waals surface area contributed by atoms with Gasteiger partial charge in [-0.15, -0.1) is 0 Å². The maximum atomic E-state index is 12.2. The number of hydrogen-bond acceptors (Lipinski definition) is 2. The predicted molar refractivity (Wildman–Crippen MR) is 87.8 cm³/mol. The fraction of sp³-hybridized carbons (Fsp3) is 0.158. The smallest absolute Gasteiger partial charge is 0.234 e. The van der Waals surface area contributed by atoms with Crippen LogP contribution in [0, 0.1) is 0 Å². The van der Waals surface area contributed by atoms with Gasteiger partial charge in [-0.25, -0.2) is 0 Å². The lowest BCUT2D eigenvalue weighted by molar-refractivity contribution is -0.133. The normalized spacial score (nSPS) is 10.6. The molecule has 2 aromatic carbocycles. The third-order valence-corrected chi connectivity index (χ3v) is 3.16. The molecular weight excluding hydrogens is 274 g/mol. The molecule has 0 aliphatic rings. The van der Waals surface area contributed by atoms with Crippen LogP contribution in [0.2, 0.25) is 0 Å². The highest BCUT2D eigenvalue weighted by Crippen LogP contribution is 2.09. The van der Waals surface area contributed by atoms with Gasteiger partial charge in [0.15, 0.2) is 0 Å². The maximum absolute atomic E-state index is 12.2. The van der Waals surface area contributed by atoms with Gasteiger partial charge < -0.3 is 4.90 Å². The van der Waals surface area contributed by atoms with Crippen molar-refractivity contribution in [3.63, 3.8) is 0 Å². The van der Waals surface area contributed by atoms with Crippen LogP contribution in [0.5, 0.6) is 0 Å². The van der Waals surface area contributed by atoms with E-state index in [9.17, 15) is 9.59 Å². The fourth-order valence-electron chi connectivity index (χ4n) is 2.06. The molecule has 0 unspecified atom stereocenters. The molecule has 0 atom stereocenters. The van der Waals surface area contributed by atoms with Gasteiger partial charge in [0.1, 0.15) is 5.78 Å². The van der Waals surface area contributed by atoms with Crippen LogP contribution in [0.15, 0.2) is 66.9 Å². The van der Waals surface area contributed by atoms with Crippen LogP contribution in [-0.2, 0) is 16.1 Å². The molecule has 0 saturated heterocycles. The molecule has 1 amide bonds. The average molecular weight is 293 g/mol. The van der Waals surface area contributed by atoms with E-state index in [2.05, 4.69) is 0 Å². The summed E-state index contributed by atoms with van der Waals surface area (Å²) in [6.45, 7) is 1.88. The summed E-state index contributed by atoms with van der Waals surface area (Å²) >= 11 is 0. The molecule has 2 rings (SSSR count). The lowest BCUT2D eigenvalue weighted by atomic mass is 10.2. The average Bonchev–Trinajstić information content (AvgIpc) is 2.52. The van der Waals surface area contributed by atoms with Gasteiger partial charge in [-0.3, -0.25) is 9.59 Å². The van der Waals surface area contributed by atoms with Crippen molar-refractivity contribution in [2.24, 2.45) is 0 Å². The standard InChI is InChI=1S/C19H19NO2/c1-16(21)14-19(22)20(15-18-10-6-3-7-11-18)13-12-17-8-4-2-5-9-17/h2-13H,14-15H2,1H3/b13-12-. The van der Waals surface area contributed by atoms with Crippen LogP contribution >= 0.6 is 0 Å². The third-order valence-electron chi connectivity index (χ3n) is 3.16. The second kappa shape index (κ2) is 7.93. The molecule has 0 saturated carbocycles. The Morgan fingerprint density at radius 1 is 0.955 bits per heavy atom. The van der Waals surface area contributed by atoms with E-state index < -0.39 is 0 Å². The molecule has 0 heterocycles. The van der Waals surface area contributed by atoms with Crippen molar-refractivity contribution in [1.82, 2.24) is 4.90 Å². The molecule has 0 aliphatic heterocycles. The van der Waals surface area contributed by atoms with E-state index in [-0.39, 0.29) is 18.1 Å². The van der Waals surface area contributed by atoms with Crippen molar-refractivity contribution in [2.75, 3.05) is 0 Å². The number of amides is 1. The first-order chi connectivity index (χ1) is 10.6. The van der Waals surface area contributed by atoms with Crippen molar-refractivity contribution >= 4 is 17.8 Å². The highest BCUT2D eigenvalue weighted by Gasteiger charge is 2.13. The van der Waals surface area contributed by atoms with E-state index >= 15 is 0 Å². The van der Waals surface area contributed by atoms with Crippen molar-refractivity contribution < 1.29 is 9.59 Å².